The number of nitrogens with one attached hydrogen (secondary N) is 3. The van der Waals surface area contributed by atoms with Gasteiger partial charge in [0.1, 0.15) is 5.75 Å². The molecule has 0 aliphatic heterocycles. The van der Waals surface area contributed by atoms with Crippen LogP contribution in [-0.4, -0.2) is 29.6 Å². The van der Waals surface area contributed by atoms with Crippen LogP contribution in [-0.2, 0) is 6.42 Å². The van der Waals surface area contributed by atoms with Crippen LogP contribution in [0, 0.1) is 5.82 Å². The summed E-state index contributed by atoms with van der Waals surface area (Å²) in [6.45, 7) is 2.05. The number of benzene rings is 3. The lowest BCUT2D eigenvalue weighted by Gasteiger charge is -2.12. The SMILES string of the molecule is CCc1cc(Nc2cc3onc(NSc4cc5ccccc5c(F)c4OC)c3cc2OC)n[nH]1. The number of aromatic amines is 1. The summed E-state index contributed by atoms with van der Waals surface area (Å²) in [6.07, 6.45) is 0.853. The third kappa shape index (κ3) is 3.96. The number of methoxy groups -OCH3 is 2. The zero-order valence-electron chi connectivity index (χ0n) is 18.7. The molecule has 3 aromatic carbocycles. The molecule has 2 heterocycles. The smallest absolute Gasteiger partial charge is 0.187 e. The molecule has 0 aliphatic carbocycles. The zero-order valence-corrected chi connectivity index (χ0v) is 19.5. The van der Waals surface area contributed by atoms with E-state index in [1.807, 2.05) is 37.3 Å². The van der Waals surface area contributed by atoms with E-state index in [0.717, 1.165) is 17.5 Å². The van der Waals surface area contributed by atoms with Gasteiger partial charge in [0.25, 0.3) is 0 Å². The minimum Gasteiger partial charge on any atom is -0.495 e. The number of fused-ring (bicyclic) bond motifs is 2. The molecule has 3 N–H and O–H groups in total. The molecule has 8 nitrogen and oxygen atoms in total. The predicted molar refractivity (Wildman–Crippen MR) is 132 cm³/mol. The molecule has 0 bridgehead atoms. The van der Waals surface area contributed by atoms with Crippen LogP contribution in [0.25, 0.3) is 21.7 Å². The van der Waals surface area contributed by atoms with Crippen molar-refractivity contribution in [1.82, 2.24) is 15.4 Å². The molecule has 5 rings (SSSR count). The fraction of sp³-hybridized carbons (Fsp3) is 0.167. The van der Waals surface area contributed by atoms with Gasteiger partial charge in [0.2, 0.25) is 0 Å². The Morgan fingerprint density at radius 1 is 1.09 bits per heavy atom. The molecule has 0 aliphatic rings. The van der Waals surface area contributed by atoms with Crippen LogP contribution >= 0.6 is 11.9 Å². The van der Waals surface area contributed by atoms with Crippen molar-refractivity contribution in [3.05, 3.63) is 60.0 Å². The molecule has 5 aromatic rings. The second-order valence-electron chi connectivity index (χ2n) is 7.48. The first-order valence-corrected chi connectivity index (χ1v) is 11.4. The minimum absolute atomic E-state index is 0.165. The topological polar surface area (TPSA) is 97.2 Å². The second-order valence-corrected chi connectivity index (χ2v) is 8.33. The highest BCUT2D eigenvalue weighted by atomic mass is 32.2. The average Bonchev–Trinajstić information content (AvgIpc) is 3.48. The maximum absolute atomic E-state index is 15.0. The summed E-state index contributed by atoms with van der Waals surface area (Å²) < 4.78 is 34.6. The second kappa shape index (κ2) is 9.14. The summed E-state index contributed by atoms with van der Waals surface area (Å²) in [4.78, 5) is 0.588. The van der Waals surface area contributed by atoms with E-state index >= 15 is 0 Å². The molecule has 0 radical (unpaired) electrons. The van der Waals surface area contributed by atoms with E-state index in [-0.39, 0.29) is 5.75 Å². The van der Waals surface area contributed by atoms with E-state index in [9.17, 15) is 4.39 Å². The number of ether oxygens (including phenoxy) is 2. The average molecular weight is 480 g/mol. The van der Waals surface area contributed by atoms with Gasteiger partial charge in [-0.25, -0.2) is 4.39 Å². The molecule has 0 unspecified atom stereocenters. The van der Waals surface area contributed by atoms with Gasteiger partial charge in [-0.15, -0.1) is 0 Å². The summed E-state index contributed by atoms with van der Waals surface area (Å²) in [5.74, 6) is 1.51. The van der Waals surface area contributed by atoms with Crippen LogP contribution in [0.1, 0.15) is 12.6 Å². The van der Waals surface area contributed by atoms with Gasteiger partial charge < -0.3 is 24.0 Å². The van der Waals surface area contributed by atoms with E-state index in [1.165, 1.54) is 19.1 Å². The molecule has 2 aromatic heterocycles. The van der Waals surface area contributed by atoms with Crippen LogP contribution in [0.2, 0.25) is 0 Å². The first kappa shape index (κ1) is 21.9. The van der Waals surface area contributed by atoms with Gasteiger partial charge in [-0.05, 0) is 35.9 Å². The lowest BCUT2D eigenvalue weighted by atomic mass is 10.1. The predicted octanol–water partition coefficient (Wildman–Crippen LogP) is 6.29. The number of nitrogens with zero attached hydrogens (tertiary/aromatic N) is 2. The van der Waals surface area contributed by atoms with E-state index in [4.69, 9.17) is 14.0 Å². The maximum Gasteiger partial charge on any atom is 0.187 e. The zero-order chi connectivity index (χ0) is 23.7. The molecule has 174 valence electrons. The highest BCUT2D eigenvalue weighted by molar-refractivity contribution is 8.00. The van der Waals surface area contributed by atoms with Crippen LogP contribution in [0.15, 0.2) is 57.9 Å². The van der Waals surface area contributed by atoms with Gasteiger partial charge in [0.05, 0.1) is 30.2 Å². The maximum atomic E-state index is 15.0. The van der Waals surface area contributed by atoms with Gasteiger partial charge in [0, 0.05) is 23.2 Å². The van der Waals surface area contributed by atoms with Crippen molar-refractivity contribution in [3.63, 3.8) is 0 Å². The number of hydrogen-bond donors (Lipinski definition) is 3. The molecular weight excluding hydrogens is 457 g/mol. The number of aryl methyl sites for hydroxylation is 1. The fourth-order valence-corrected chi connectivity index (χ4v) is 4.48. The van der Waals surface area contributed by atoms with Gasteiger partial charge in [-0.3, -0.25) is 5.10 Å². The van der Waals surface area contributed by atoms with Gasteiger partial charge in [0.15, 0.2) is 28.8 Å². The number of aromatic nitrogens is 3. The molecule has 0 saturated heterocycles. The summed E-state index contributed by atoms with van der Waals surface area (Å²) in [5, 5.41) is 16.6. The third-order valence-electron chi connectivity index (χ3n) is 5.44. The Balaban J connectivity index is 1.44. The van der Waals surface area contributed by atoms with Crippen molar-refractivity contribution < 1.29 is 18.4 Å². The molecule has 0 saturated carbocycles. The van der Waals surface area contributed by atoms with Crippen molar-refractivity contribution in [2.75, 3.05) is 24.3 Å². The van der Waals surface area contributed by atoms with Crippen LogP contribution in [0.3, 0.4) is 0 Å². The van der Waals surface area contributed by atoms with E-state index < -0.39 is 5.82 Å². The molecule has 0 atom stereocenters. The number of rotatable bonds is 8. The Morgan fingerprint density at radius 2 is 1.94 bits per heavy atom. The molecule has 0 amide bonds. The lowest BCUT2D eigenvalue weighted by Crippen LogP contribution is -1.96. The fourth-order valence-electron chi connectivity index (χ4n) is 3.68. The number of H-pyrrole nitrogens is 1. The van der Waals surface area contributed by atoms with Gasteiger partial charge in [-0.2, -0.15) is 5.10 Å². The number of anilines is 3. The van der Waals surface area contributed by atoms with Crippen molar-refractivity contribution in [3.8, 4) is 11.5 Å². The Morgan fingerprint density at radius 3 is 2.71 bits per heavy atom. The van der Waals surface area contributed by atoms with E-state index in [1.54, 1.807) is 25.3 Å². The van der Waals surface area contributed by atoms with Crippen molar-refractivity contribution in [1.29, 1.82) is 0 Å². The Kier molecular flexibility index (Phi) is 5.89. The van der Waals surface area contributed by atoms with Crippen LogP contribution < -0.4 is 19.5 Å². The minimum atomic E-state index is -0.406. The Bertz CT molecular complexity index is 1480. The number of halogens is 1. The Labute approximate surface area is 198 Å². The standard InChI is InChI=1S/C24H22FN5O3S/c1-4-14-10-21(28-27-14)26-17-12-18-16(11-19(17)31-2)24(29-33-18)30-34-20-9-13-7-5-6-8-15(13)22(25)23(20)32-3/h5-12H,4H2,1-3H3,(H,29,30)(H2,26,27,28). The van der Waals surface area contributed by atoms with Crippen LogP contribution in [0.4, 0.5) is 21.7 Å². The quantitative estimate of drug-likeness (QED) is 0.224. The van der Waals surface area contributed by atoms with Gasteiger partial charge in [-0.1, -0.05) is 36.3 Å². The normalized spacial score (nSPS) is 11.2. The summed E-state index contributed by atoms with van der Waals surface area (Å²) in [7, 11) is 3.04. The van der Waals surface area contributed by atoms with Crippen LogP contribution in [0.5, 0.6) is 11.5 Å². The van der Waals surface area contributed by atoms with Crippen molar-refractivity contribution in [2.24, 2.45) is 0 Å². The first-order valence-electron chi connectivity index (χ1n) is 10.6. The summed E-state index contributed by atoms with van der Waals surface area (Å²) in [6, 6.07) is 14.7. The molecule has 10 heteroatoms. The highest BCUT2D eigenvalue weighted by Gasteiger charge is 2.18. The highest BCUT2D eigenvalue weighted by Crippen LogP contribution is 2.40. The first-order chi connectivity index (χ1) is 16.6. The largest absolute Gasteiger partial charge is 0.495 e. The van der Waals surface area contributed by atoms with E-state index in [2.05, 4.69) is 25.4 Å². The molecule has 0 spiro atoms. The molecular formula is C24H22FN5O3S. The summed E-state index contributed by atoms with van der Waals surface area (Å²) in [5.41, 5.74) is 2.26. The molecule has 34 heavy (non-hydrogen) atoms. The van der Waals surface area contributed by atoms with Gasteiger partial charge >= 0.3 is 0 Å². The van der Waals surface area contributed by atoms with Crippen molar-refractivity contribution >= 4 is 51.0 Å². The Hall–Kier alpha value is -3.92. The lowest BCUT2D eigenvalue weighted by molar-refractivity contribution is 0.379. The molecule has 0 fully saturated rings. The summed E-state index contributed by atoms with van der Waals surface area (Å²) >= 11 is 1.19. The number of hydrogen-bond acceptors (Lipinski definition) is 8. The van der Waals surface area contributed by atoms with E-state index in [0.29, 0.717) is 44.3 Å². The third-order valence-corrected chi connectivity index (χ3v) is 6.25. The van der Waals surface area contributed by atoms with Crippen molar-refractivity contribution in [2.45, 2.75) is 18.2 Å². The monoisotopic (exact) mass is 479 g/mol.